The van der Waals surface area contributed by atoms with E-state index in [9.17, 15) is 4.79 Å². The third kappa shape index (κ3) is 2.24. The fourth-order valence-corrected chi connectivity index (χ4v) is 2.59. The van der Waals surface area contributed by atoms with Crippen molar-refractivity contribution < 1.29 is 9.53 Å². The Balaban J connectivity index is 2.01. The van der Waals surface area contributed by atoms with Crippen LogP contribution in [0.4, 0.5) is 0 Å². The quantitative estimate of drug-likeness (QED) is 0.767. The van der Waals surface area contributed by atoms with Crippen molar-refractivity contribution in [1.29, 1.82) is 0 Å². The lowest BCUT2D eigenvalue weighted by atomic mass is 10.2. The number of esters is 1. The van der Waals surface area contributed by atoms with Crippen LogP contribution in [0.2, 0.25) is 0 Å². The molecule has 0 N–H and O–H groups in total. The van der Waals surface area contributed by atoms with E-state index in [0.717, 1.165) is 23.5 Å². The molecule has 5 heteroatoms. The largest absolute Gasteiger partial charge is 0.469 e. The number of hydrogen-bond donors (Lipinski definition) is 0. The molecule has 0 aromatic carbocycles. The molecule has 0 unspecified atom stereocenters. The second kappa shape index (κ2) is 4.65. The molecule has 86 valence electrons. The van der Waals surface area contributed by atoms with Gasteiger partial charge in [-0.15, -0.1) is 11.3 Å². The molecule has 0 aliphatic carbocycles. The Labute approximate surface area is 97.9 Å². The van der Waals surface area contributed by atoms with Gasteiger partial charge in [0.2, 0.25) is 0 Å². The van der Waals surface area contributed by atoms with Gasteiger partial charge in [-0.3, -0.25) is 9.20 Å². The Morgan fingerprint density at radius 3 is 3.19 bits per heavy atom. The summed E-state index contributed by atoms with van der Waals surface area (Å²) in [6.45, 7) is 1.98. The molecule has 0 bridgehead atoms. The third-order valence-electron chi connectivity index (χ3n) is 2.45. The minimum absolute atomic E-state index is 0.145. The highest BCUT2D eigenvalue weighted by molar-refractivity contribution is 7.15. The van der Waals surface area contributed by atoms with Crippen LogP contribution >= 0.6 is 11.3 Å². The molecule has 0 spiro atoms. The van der Waals surface area contributed by atoms with Crippen LogP contribution in [0.3, 0.4) is 0 Å². The number of carbonyl (C=O) groups excluding carboxylic acids is 1. The summed E-state index contributed by atoms with van der Waals surface area (Å²) in [5, 5.41) is 2.10. The number of nitrogens with zero attached hydrogens (tertiary/aromatic N) is 2. The summed E-state index contributed by atoms with van der Waals surface area (Å²) in [6, 6.07) is 0. The zero-order chi connectivity index (χ0) is 11.5. The summed E-state index contributed by atoms with van der Waals surface area (Å²) in [5.41, 5.74) is 2.24. The third-order valence-corrected chi connectivity index (χ3v) is 3.33. The van der Waals surface area contributed by atoms with Crippen molar-refractivity contribution in [3.05, 3.63) is 23.0 Å². The SMILES string of the molecule is COC(=O)CCCc1csc2nc(C)cn12. The Bertz CT molecular complexity index is 501. The summed E-state index contributed by atoms with van der Waals surface area (Å²) in [5.74, 6) is -0.145. The second-order valence-corrected chi connectivity index (χ2v) is 4.53. The van der Waals surface area contributed by atoms with Gasteiger partial charge in [-0.1, -0.05) is 0 Å². The number of fused-ring (bicyclic) bond motifs is 1. The molecule has 0 atom stereocenters. The molecule has 2 aromatic heterocycles. The summed E-state index contributed by atoms with van der Waals surface area (Å²) < 4.78 is 6.70. The molecule has 0 radical (unpaired) electrons. The lowest BCUT2D eigenvalue weighted by Gasteiger charge is -1.99. The lowest BCUT2D eigenvalue weighted by molar-refractivity contribution is -0.140. The fourth-order valence-electron chi connectivity index (χ4n) is 1.64. The van der Waals surface area contributed by atoms with Gasteiger partial charge >= 0.3 is 5.97 Å². The summed E-state index contributed by atoms with van der Waals surface area (Å²) in [7, 11) is 1.42. The first-order chi connectivity index (χ1) is 7.70. The van der Waals surface area contributed by atoms with Crippen molar-refractivity contribution in [3.63, 3.8) is 0 Å². The molecule has 2 heterocycles. The van der Waals surface area contributed by atoms with Gasteiger partial charge in [0.1, 0.15) is 0 Å². The van der Waals surface area contributed by atoms with Crippen molar-refractivity contribution in [2.24, 2.45) is 0 Å². The number of imidazole rings is 1. The number of ether oxygens (including phenoxy) is 1. The van der Waals surface area contributed by atoms with Gasteiger partial charge in [0.15, 0.2) is 4.96 Å². The molecule has 0 aliphatic rings. The summed E-state index contributed by atoms with van der Waals surface area (Å²) in [6.07, 6.45) is 4.20. The van der Waals surface area contributed by atoms with E-state index in [2.05, 4.69) is 19.5 Å². The molecule has 0 saturated heterocycles. The maximum atomic E-state index is 11.0. The standard InChI is InChI=1S/C11H14N2O2S/c1-8-6-13-9(7-16-11(13)12-8)4-3-5-10(14)15-2/h6-7H,3-5H2,1-2H3. The van der Waals surface area contributed by atoms with Crippen LogP contribution in [-0.2, 0) is 16.0 Å². The summed E-state index contributed by atoms with van der Waals surface area (Å²) in [4.78, 5) is 16.4. The molecule has 4 nitrogen and oxygen atoms in total. The summed E-state index contributed by atoms with van der Waals surface area (Å²) >= 11 is 1.64. The van der Waals surface area contributed by atoms with Gasteiger partial charge < -0.3 is 4.74 Å². The Hall–Kier alpha value is -1.36. The molecular weight excluding hydrogens is 224 g/mol. The van der Waals surface area contributed by atoms with Crippen molar-refractivity contribution in [3.8, 4) is 0 Å². The Morgan fingerprint density at radius 2 is 2.44 bits per heavy atom. The number of methoxy groups -OCH3 is 1. The molecule has 0 saturated carbocycles. The highest BCUT2D eigenvalue weighted by Crippen LogP contribution is 2.18. The molecule has 0 fully saturated rings. The van der Waals surface area contributed by atoms with Gasteiger partial charge in [-0.2, -0.15) is 0 Å². The molecule has 0 amide bonds. The Morgan fingerprint density at radius 1 is 1.62 bits per heavy atom. The van der Waals surface area contributed by atoms with Crippen LogP contribution in [0.25, 0.3) is 4.96 Å². The van der Waals surface area contributed by atoms with E-state index in [1.807, 2.05) is 13.1 Å². The van der Waals surface area contributed by atoms with Crippen LogP contribution in [0, 0.1) is 6.92 Å². The lowest BCUT2D eigenvalue weighted by Crippen LogP contribution is -2.01. The maximum absolute atomic E-state index is 11.0. The molecule has 0 aliphatic heterocycles. The van der Waals surface area contributed by atoms with E-state index in [1.54, 1.807) is 11.3 Å². The van der Waals surface area contributed by atoms with Gasteiger partial charge in [0, 0.05) is 23.7 Å². The van der Waals surface area contributed by atoms with Crippen molar-refractivity contribution in [1.82, 2.24) is 9.38 Å². The van der Waals surface area contributed by atoms with Gasteiger partial charge in [-0.05, 0) is 19.8 Å². The first-order valence-corrected chi connectivity index (χ1v) is 6.07. The number of aromatic nitrogens is 2. The number of hydrogen-bond acceptors (Lipinski definition) is 4. The van der Waals surface area contributed by atoms with Crippen LogP contribution in [0.5, 0.6) is 0 Å². The minimum atomic E-state index is -0.145. The zero-order valence-corrected chi connectivity index (χ0v) is 10.2. The second-order valence-electron chi connectivity index (χ2n) is 3.69. The van der Waals surface area contributed by atoms with Gasteiger partial charge in [-0.25, -0.2) is 4.98 Å². The first kappa shape index (κ1) is 11.1. The fraction of sp³-hybridized carbons (Fsp3) is 0.455. The van der Waals surface area contributed by atoms with E-state index in [4.69, 9.17) is 0 Å². The smallest absolute Gasteiger partial charge is 0.305 e. The van der Waals surface area contributed by atoms with Gasteiger partial charge in [0.05, 0.1) is 12.8 Å². The number of aryl methyl sites for hydroxylation is 2. The van der Waals surface area contributed by atoms with Crippen molar-refractivity contribution >= 4 is 22.3 Å². The topological polar surface area (TPSA) is 43.6 Å². The average molecular weight is 238 g/mol. The average Bonchev–Trinajstić information content (AvgIpc) is 2.78. The molecular formula is C11H14N2O2S. The predicted octanol–water partition coefficient (Wildman–Crippen LogP) is 2.20. The number of carbonyl (C=O) groups is 1. The van der Waals surface area contributed by atoms with E-state index in [0.29, 0.717) is 6.42 Å². The zero-order valence-electron chi connectivity index (χ0n) is 9.40. The Kier molecular flexibility index (Phi) is 3.24. The van der Waals surface area contributed by atoms with E-state index in [-0.39, 0.29) is 5.97 Å². The van der Waals surface area contributed by atoms with Crippen LogP contribution in [-0.4, -0.2) is 22.5 Å². The van der Waals surface area contributed by atoms with E-state index in [1.165, 1.54) is 12.8 Å². The number of thiazole rings is 1. The van der Waals surface area contributed by atoms with E-state index >= 15 is 0 Å². The van der Waals surface area contributed by atoms with Crippen molar-refractivity contribution in [2.45, 2.75) is 26.2 Å². The van der Waals surface area contributed by atoms with Crippen molar-refractivity contribution in [2.75, 3.05) is 7.11 Å². The predicted molar refractivity (Wildman–Crippen MR) is 62.8 cm³/mol. The first-order valence-electron chi connectivity index (χ1n) is 5.19. The number of rotatable bonds is 4. The van der Waals surface area contributed by atoms with E-state index < -0.39 is 0 Å². The molecule has 2 rings (SSSR count). The monoisotopic (exact) mass is 238 g/mol. The maximum Gasteiger partial charge on any atom is 0.305 e. The van der Waals surface area contributed by atoms with Gasteiger partial charge in [0.25, 0.3) is 0 Å². The van der Waals surface area contributed by atoms with Crippen LogP contribution < -0.4 is 0 Å². The van der Waals surface area contributed by atoms with Crippen LogP contribution in [0.15, 0.2) is 11.6 Å². The highest BCUT2D eigenvalue weighted by Gasteiger charge is 2.07. The molecule has 16 heavy (non-hydrogen) atoms. The highest BCUT2D eigenvalue weighted by atomic mass is 32.1. The minimum Gasteiger partial charge on any atom is -0.469 e. The van der Waals surface area contributed by atoms with Crippen LogP contribution in [0.1, 0.15) is 24.2 Å². The normalized spacial score (nSPS) is 10.9. The molecule has 2 aromatic rings.